The highest BCUT2D eigenvalue weighted by Crippen LogP contribution is 2.27. The summed E-state index contributed by atoms with van der Waals surface area (Å²) >= 11 is 1.03. The maximum atomic E-state index is 12.0. The van der Waals surface area contributed by atoms with E-state index in [1.165, 1.54) is 0 Å². The Labute approximate surface area is 124 Å². The molecule has 0 atom stereocenters. The lowest BCUT2D eigenvalue weighted by atomic mass is 10.2. The first-order valence-corrected chi connectivity index (χ1v) is 7.22. The van der Waals surface area contributed by atoms with Crippen molar-refractivity contribution in [1.29, 1.82) is 0 Å². The Kier molecular flexibility index (Phi) is 5.49. The summed E-state index contributed by atoms with van der Waals surface area (Å²) in [5, 5.41) is 0. The summed E-state index contributed by atoms with van der Waals surface area (Å²) in [7, 11) is 0. The van der Waals surface area contributed by atoms with Gasteiger partial charge in [0.15, 0.2) is 0 Å². The summed E-state index contributed by atoms with van der Waals surface area (Å²) in [6.07, 6.45) is -0.353. The van der Waals surface area contributed by atoms with Gasteiger partial charge in [-0.25, -0.2) is 0 Å². The Morgan fingerprint density at radius 3 is 2.71 bits per heavy atom. The highest BCUT2D eigenvalue weighted by Gasteiger charge is 2.25. The molecule has 0 N–H and O–H groups in total. The molecule has 21 heavy (non-hydrogen) atoms. The third-order valence-electron chi connectivity index (χ3n) is 2.74. The number of halogens is 3. The molecule has 0 bridgehead atoms. The molecule has 0 aliphatic heterocycles. The molecule has 2 heterocycles. The van der Waals surface area contributed by atoms with Crippen molar-refractivity contribution >= 4 is 11.7 Å². The molecule has 0 saturated carbocycles. The summed E-state index contributed by atoms with van der Waals surface area (Å²) in [6.45, 7) is 0.330. The number of alkyl halides is 3. The maximum Gasteiger partial charge on any atom is 0.389 e. The topological polar surface area (TPSA) is 47.9 Å². The molecular formula is C13H14F3N3OS. The Morgan fingerprint density at radius 2 is 2.00 bits per heavy atom. The average molecular weight is 317 g/mol. The summed E-state index contributed by atoms with van der Waals surface area (Å²) in [5.74, 6) is 0.406. The van der Waals surface area contributed by atoms with E-state index in [9.17, 15) is 13.2 Å². The average Bonchev–Trinajstić information content (AvgIpc) is 2.91. The predicted octanol–water partition coefficient (Wildman–Crippen LogP) is 4.10. The molecule has 0 aromatic carbocycles. The van der Waals surface area contributed by atoms with Crippen LogP contribution in [0.15, 0.2) is 24.5 Å². The Morgan fingerprint density at radius 1 is 1.14 bits per heavy atom. The monoisotopic (exact) mass is 317 g/mol. The normalized spacial score (nSPS) is 11.6. The van der Waals surface area contributed by atoms with E-state index in [2.05, 4.69) is 13.7 Å². The second-order valence-electron chi connectivity index (χ2n) is 4.43. The molecule has 8 heteroatoms. The van der Waals surface area contributed by atoms with Crippen molar-refractivity contribution in [2.24, 2.45) is 0 Å². The van der Waals surface area contributed by atoms with Crippen LogP contribution in [0.4, 0.5) is 13.2 Å². The minimum absolute atomic E-state index is 0.123. The highest BCUT2D eigenvalue weighted by atomic mass is 32.1. The summed E-state index contributed by atoms with van der Waals surface area (Å²) in [5.41, 5.74) is 1.42. The molecule has 0 aliphatic rings. The first-order chi connectivity index (χ1) is 10.1. The fourth-order valence-electron chi connectivity index (χ4n) is 1.73. The molecule has 0 aliphatic carbocycles. The Hall–Kier alpha value is -1.70. The molecular weight excluding hydrogens is 303 g/mol. The van der Waals surface area contributed by atoms with Crippen LogP contribution in [0.5, 0.6) is 5.88 Å². The fourth-order valence-corrected chi connectivity index (χ4v) is 2.25. The van der Waals surface area contributed by atoms with Crippen LogP contribution in [0, 0.1) is 0 Å². The number of nitrogens with zero attached hydrogens (tertiary/aromatic N) is 3. The van der Waals surface area contributed by atoms with E-state index in [-0.39, 0.29) is 6.42 Å². The number of hydrogen-bond acceptors (Lipinski definition) is 5. The first-order valence-electron chi connectivity index (χ1n) is 6.49. The van der Waals surface area contributed by atoms with Gasteiger partial charge in [0.1, 0.15) is 5.69 Å². The molecule has 2 rings (SSSR count). The van der Waals surface area contributed by atoms with Crippen LogP contribution in [-0.2, 0) is 0 Å². The Bertz CT molecular complexity index is 545. The van der Waals surface area contributed by atoms with Crippen molar-refractivity contribution < 1.29 is 17.9 Å². The van der Waals surface area contributed by atoms with Gasteiger partial charge in [-0.1, -0.05) is 0 Å². The molecule has 2 aromatic heterocycles. The second kappa shape index (κ2) is 7.35. The van der Waals surface area contributed by atoms with E-state index < -0.39 is 12.6 Å². The molecule has 114 valence electrons. The van der Waals surface area contributed by atoms with Gasteiger partial charge in [0.05, 0.1) is 18.3 Å². The minimum Gasteiger partial charge on any atom is -0.475 e. The maximum absolute atomic E-state index is 12.0. The van der Waals surface area contributed by atoms with Crippen LogP contribution in [0.3, 0.4) is 0 Å². The van der Waals surface area contributed by atoms with E-state index in [0.717, 1.165) is 17.3 Å². The predicted molar refractivity (Wildman–Crippen MR) is 73.2 cm³/mol. The summed E-state index contributed by atoms with van der Waals surface area (Å²) < 4.78 is 49.6. The van der Waals surface area contributed by atoms with Gasteiger partial charge in [0, 0.05) is 24.4 Å². The Balaban J connectivity index is 1.76. The summed E-state index contributed by atoms with van der Waals surface area (Å²) in [6, 6.07) is 3.63. The molecule has 0 saturated heterocycles. The molecule has 2 aromatic rings. The van der Waals surface area contributed by atoms with E-state index >= 15 is 0 Å². The fraction of sp³-hybridized carbons (Fsp3) is 0.462. The van der Waals surface area contributed by atoms with Crippen molar-refractivity contribution in [3.05, 3.63) is 24.5 Å². The van der Waals surface area contributed by atoms with Gasteiger partial charge in [-0.15, -0.1) is 4.37 Å². The van der Waals surface area contributed by atoms with Crippen molar-refractivity contribution in [2.45, 2.75) is 31.9 Å². The zero-order valence-corrected chi connectivity index (χ0v) is 12.0. The minimum atomic E-state index is -4.08. The van der Waals surface area contributed by atoms with E-state index in [1.807, 2.05) is 6.07 Å². The van der Waals surface area contributed by atoms with Crippen LogP contribution in [0.2, 0.25) is 0 Å². The number of ether oxygens (including phenoxy) is 1. The van der Waals surface area contributed by atoms with Gasteiger partial charge in [-0.2, -0.15) is 17.5 Å². The second-order valence-corrected chi connectivity index (χ2v) is 4.96. The van der Waals surface area contributed by atoms with Gasteiger partial charge >= 0.3 is 6.18 Å². The van der Waals surface area contributed by atoms with Gasteiger partial charge in [-0.05, 0) is 31.4 Å². The molecule has 4 nitrogen and oxygen atoms in total. The number of rotatable bonds is 7. The zero-order valence-electron chi connectivity index (χ0n) is 11.1. The molecule has 0 amide bonds. The molecule has 0 unspecified atom stereocenters. The number of pyridine rings is 1. The van der Waals surface area contributed by atoms with E-state index in [0.29, 0.717) is 31.0 Å². The molecule has 0 spiro atoms. The number of unbranched alkanes of at least 4 members (excludes halogenated alkanes) is 2. The van der Waals surface area contributed by atoms with E-state index in [1.54, 1.807) is 18.5 Å². The largest absolute Gasteiger partial charge is 0.475 e. The van der Waals surface area contributed by atoms with Gasteiger partial charge in [0.2, 0.25) is 0 Å². The van der Waals surface area contributed by atoms with Crippen molar-refractivity contribution in [2.75, 3.05) is 6.61 Å². The summed E-state index contributed by atoms with van der Waals surface area (Å²) in [4.78, 5) is 4.00. The lowest BCUT2D eigenvalue weighted by Gasteiger charge is -2.06. The first kappa shape index (κ1) is 15.7. The van der Waals surface area contributed by atoms with Crippen molar-refractivity contribution in [3.63, 3.8) is 0 Å². The van der Waals surface area contributed by atoms with Crippen LogP contribution in [-0.4, -0.2) is 26.5 Å². The van der Waals surface area contributed by atoms with Crippen LogP contribution >= 0.6 is 11.7 Å². The standard InChI is InChI=1S/C13H14F3N3OS/c14-13(15,16)6-2-1-3-8-20-12-11(18-21-19-12)10-5-4-7-17-9-10/h4-5,7,9H,1-3,6,8H2. The lowest BCUT2D eigenvalue weighted by Crippen LogP contribution is -2.07. The SMILES string of the molecule is FC(F)(F)CCCCCOc1nsnc1-c1cccnc1. The van der Waals surface area contributed by atoms with Gasteiger partial charge in [0.25, 0.3) is 5.88 Å². The van der Waals surface area contributed by atoms with Crippen LogP contribution in [0.25, 0.3) is 11.3 Å². The lowest BCUT2D eigenvalue weighted by molar-refractivity contribution is -0.135. The molecule has 0 radical (unpaired) electrons. The third kappa shape index (κ3) is 5.30. The zero-order chi connectivity index (χ0) is 15.1. The van der Waals surface area contributed by atoms with Crippen LogP contribution in [0.1, 0.15) is 25.7 Å². The van der Waals surface area contributed by atoms with Crippen LogP contribution < -0.4 is 4.74 Å². The number of hydrogen-bond donors (Lipinski definition) is 0. The van der Waals surface area contributed by atoms with Crippen molar-refractivity contribution in [3.8, 4) is 17.1 Å². The van der Waals surface area contributed by atoms with Gasteiger partial charge < -0.3 is 4.74 Å². The smallest absolute Gasteiger partial charge is 0.389 e. The quantitative estimate of drug-likeness (QED) is 0.721. The number of aromatic nitrogens is 3. The van der Waals surface area contributed by atoms with Crippen molar-refractivity contribution in [1.82, 2.24) is 13.7 Å². The third-order valence-corrected chi connectivity index (χ3v) is 3.25. The van der Waals surface area contributed by atoms with E-state index in [4.69, 9.17) is 4.74 Å². The molecule has 0 fully saturated rings. The van der Waals surface area contributed by atoms with Gasteiger partial charge in [-0.3, -0.25) is 4.98 Å². The highest BCUT2D eigenvalue weighted by molar-refractivity contribution is 6.99.